The highest BCUT2D eigenvalue weighted by Gasteiger charge is 2.28. The highest BCUT2D eigenvalue weighted by molar-refractivity contribution is 5.95. The fraction of sp³-hybridized carbons (Fsp3) is 0.360. The number of aromatic nitrogens is 1. The molecule has 1 N–H and O–H groups in total. The van der Waals surface area contributed by atoms with Gasteiger partial charge in [-0.15, -0.1) is 0 Å². The number of H-pyrrole nitrogens is 1. The van der Waals surface area contributed by atoms with Crippen LogP contribution in [0, 0.1) is 6.92 Å². The van der Waals surface area contributed by atoms with Crippen molar-refractivity contribution in [1.82, 2.24) is 9.88 Å². The lowest BCUT2D eigenvalue weighted by atomic mass is 9.87. The maximum Gasteiger partial charge on any atom is 0.253 e. The Kier molecular flexibility index (Phi) is 4.93. The van der Waals surface area contributed by atoms with E-state index in [0.29, 0.717) is 36.7 Å². The van der Waals surface area contributed by atoms with Crippen LogP contribution in [0.25, 0.3) is 10.9 Å². The minimum Gasteiger partial charge on any atom is -0.497 e. The van der Waals surface area contributed by atoms with E-state index in [-0.39, 0.29) is 18.3 Å². The molecule has 0 atom stereocenters. The second kappa shape index (κ2) is 7.76. The largest absolute Gasteiger partial charge is 0.497 e. The summed E-state index contributed by atoms with van der Waals surface area (Å²) in [6.45, 7) is 3.67. The second-order valence-electron chi connectivity index (χ2n) is 8.47. The average Bonchev–Trinajstić information content (AvgIpc) is 3.12. The van der Waals surface area contributed by atoms with Crippen molar-refractivity contribution in [3.05, 3.63) is 58.8 Å². The van der Waals surface area contributed by atoms with Crippen molar-refractivity contribution in [2.75, 3.05) is 26.8 Å². The van der Waals surface area contributed by atoms with E-state index in [1.165, 1.54) is 16.6 Å². The average molecular weight is 418 g/mol. The molecule has 1 aromatic heterocycles. The third-order valence-electron chi connectivity index (χ3n) is 6.52. The first-order chi connectivity index (χ1) is 15.0. The fourth-order valence-electron chi connectivity index (χ4n) is 4.95. The lowest BCUT2D eigenvalue weighted by Crippen LogP contribution is -2.38. The van der Waals surface area contributed by atoms with Crippen LogP contribution in [-0.2, 0) is 11.2 Å². The minimum absolute atomic E-state index is 0.0246. The number of benzene rings is 2. The Bertz CT molecular complexity index is 1170. The summed E-state index contributed by atoms with van der Waals surface area (Å²) in [5.41, 5.74) is 5.08. The lowest BCUT2D eigenvalue weighted by Gasteiger charge is -2.32. The van der Waals surface area contributed by atoms with Gasteiger partial charge in [-0.05, 0) is 67.6 Å². The highest BCUT2D eigenvalue weighted by atomic mass is 16.5. The van der Waals surface area contributed by atoms with E-state index in [1.54, 1.807) is 13.2 Å². The zero-order chi connectivity index (χ0) is 21.5. The van der Waals surface area contributed by atoms with E-state index in [4.69, 9.17) is 9.47 Å². The van der Waals surface area contributed by atoms with Crippen LogP contribution in [0.4, 0.5) is 0 Å². The van der Waals surface area contributed by atoms with Crippen molar-refractivity contribution in [2.24, 2.45) is 0 Å². The summed E-state index contributed by atoms with van der Waals surface area (Å²) in [4.78, 5) is 30.2. The number of nitrogens with zero attached hydrogens (tertiary/aromatic N) is 1. The molecular weight excluding hydrogens is 392 g/mol. The minimum atomic E-state index is 0.0246. The van der Waals surface area contributed by atoms with E-state index in [9.17, 15) is 9.59 Å². The van der Waals surface area contributed by atoms with Gasteiger partial charge in [0, 0.05) is 47.2 Å². The number of aryl methyl sites for hydroxylation is 1. The smallest absolute Gasteiger partial charge is 0.253 e. The molecule has 0 saturated carbocycles. The molecule has 6 heteroatoms. The van der Waals surface area contributed by atoms with Gasteiger partial charge in [-0.3, -0.25) is 9.59 Å². The molecule has 0 radical (unpaired) electrons. The molecule has 0 bridgehead atoms. The predicted octanol–water partition coefficient (Wildman–Crippen LogP) is 4.01. The molecule has 0 unspecified atom stereocenters. The number of ether oxygens (including phenoxy) is 2. The number of rotatable bonds is 3. The number of amides is 1. The molecule has 2 aliphatic heterocycles. The first-order valence-electron chi connectivity index (χ1n) is 10.8. The van der Waals surface area contributed by atoms with E-state index < -0.39 is 0 Å². The molecule has 2 aromatic carbocycles. The maximum atomic E-state index is 13.1. The molecule has 1 fully saturated rings. The van der Waals surface area contributed by atoms with Gasteiger partial charge in [0.25, 0.3) is 5.91 Å². The van der Waals surface area contributed by atoms with Gasteiger partial charge in [0.2, 0.25) is 0 Å². The number of methoxy groups -OCH3 is 1. The van der Waals surface area contributed by atoms with Crippen molar-refractivity contribution >= 4 is 22.6 Å². The van der Waals surface area contributed by atoms with E-state index in [1.807, 2.05) is 23.1 Å². The maximum absolute atomic E-state index is 13.1. The van der Waals surface area contributed by atoms with Crippen LogP contribution in [0.3, 0.4) is 0 Å². The van der Waals surface area contributed by atoms with Gasteiger partial charge < -0.3 is 19.4 Å². The molecular formula is C25H26N2O4. The number of carbonyl (C=O) groups is 2. The summed E-state index contributed by atoms with van der Waals surface area (Å²) in [6.07, 6.45) is 2.17. The van der Waals surface area contributed by atoms with Crippen molar-refractivity contribution in [3.63, 3.8) is 0 Å². The molecule has 3 aromatic rings. The molecule has 2 aliphatic rings. The van der Waals surface area contributed by atoms with Gasteiger partial charge >= 0.3 is 0 Å². The highest BCUT2D eigenvalue weighted by Crippen LogP contribution is 2.37. The van der Waals surface area contributed by atoms with Gasteiger partial charge in [-0.2, -0.15) is 0 Å². The number of carbonyl (C=O) groups excluding carboxylic acids is 2. The summed E-state index contributed by atoms with van der Waals surface area (Å²) in [5, 5.41) is 1.21. The first kappa shape index (κ1) is 19.7. The van der Waals surface area contributed by atoms with E-state index in [2.05, 4.69) is 24.0 Å². The number of nitrogens with one attached hydrogen (secondary N) is 1. The Labute approximate surface area is 181 Å². The Morgan fingerprint density at radius 3 is 2.74 bits per heavy atom. The second-order valence-corrected chi connectivity index (χ2v) is 8.47. The lowest BCUT2D eigenvalue weighted by molar-refractivity contribution is -0.121. The van der Waals surface area contributed by atoms with Gasteiger partial charge in [0.1, 0.15) is 18.1 Å². The molecule has 1 amide bonds. The number of Topliss-reactive ketones (excluding diaryl/α,β-unsaturated/α-hetero) is 1. The summed E-state index contributed by atoms with van der Waals surface area (Å²) < 4.78 is 10.9. The number of aromatic amines is 1. The standard InChI is InChI=1S/C25H26N2O4/c1-15-24(21-13-20(30-2)4-5-22(21)26-15)16-7-9-27(10-8-16)25(29)17-3-6-23-18(11-17)12-19(28)14-31-23/h3-6,11,13,16,26H,7-10,12,14H2,1-2H3. The Morgan fingerprint density at radius 2 is 1.97 bits per heavy atom. The molecule has 6 nitrogen and oxygen atoms in total. The van der Waals surface area contributed by atoms with Crippen LogP contribution in [0.2, 0.25) is 0 Å². The number of likely N-dealkylation sites (tertiary alicyclic amines) is 1. The molecule has 31 heavy (non-hydrogen) atoms. The summed E-state index contributed by atoms with van der Waals surface area (Å²) >= 11 is 0. The van der Waals surface area contributed by atoms with Gasteiger partial charge in [-0.1, -0.05) is 0 Å². The zero-order valence-electron chi connectivity index (χ0n) is 17.9. The van der Waals surface area contributed by atoms with Crippen LogP contribution in [0.1, 0.15) is 45.9 Å². The quantitative estimate of drug-likeness (QED) is 0.698. The Balaban J connectivity index is 1.32. The SMILES string of the molecule is COc1ccc2[nH]c(C)c(C3CCN(C(=O)c4ccc5c(c4)CC(=O)CO5)CC3)c2c1. The summed E-state index contributed by atoms with van der Waals surface area (Å²) in [7, 11) is 1.69. The third kappa shape index (κ3) is 3.56. The first-order valence-corrected chi connectivity index (χ1v) is 10.8. The molecule has 0 spiro atoms. The number of piperidine rings is 1. The fourth-order valence-corrected chi connectivity index (χ4v) is 4.95. The van der Waals surface area contributed by atoms with Crippen molar-refractivity contribution in [2.45, 2.75) is 32.1 Å². The number of hydrogen-bond donors (Lipinski definition) is 1. The van der Waals surface area contributed by atoms with Crippen molar-refractivity contribution < 1.29 is 19.1 Å². The van der Waals surface area contributed by atoms with Crippen LogP contribution in [0.15, 0.2) is 36.4 Å². The number of ketones is 1. The van der Waals surface area contributed by atoms with Crippen LogP contribution >= 0.6 is 0 Å². The van der Waals surface area contributed by atoms with Crippen molar-refractivity contribution in [1.29, 1.82) is 0 Å². The van der Waals surface area contributed by atoms with Gasteiger partial charge in [-0.25, -0.2) is 0 Å². The summed E-state index contributed by atoms with van der Waals surface area (Å²) in [5.74, 6) is 2.04. The monoisotopic (exact) mass is 418 g/mol. The zero-order valence-corrected chi connectivity index (χ0v) is 17.9. The topological polar surface area (TPSA) is 71.6 Å². The van der Waals surface area contributed by atoms with Gasteiger partial charge in [0.05, 0.1) is 7.11 Å². The Morgan fingerprint density at radius 1 is 1.16 bits per heavy atom. The van der Waals surface area contributed by atoms with Crippen LogP contribution in [0.5, 0.6) is 11.5 Å². The van der Waals surface area contributed by atoms with Gasteiger partial charge in [0.15, 0.2) is 5.78 Å². The number of fused-ring (bicyclic) bond motifs is 2. The van der Waals surface area contributed by atoms with Crippen molar-refractivity contribution in [3.8, 4) is 11.5 Å². The van der Waals surface area contributed by atoms with Crippen LogP contribution in [-0.4, -0.2) is 48.4 Å². The van der Waals surface area contributed by atoms with Crippen LogP contribution < -0.4 is 9.47 Å². The molecule has 5 rings (SSSR count). The number of hydrogen-bond acceptors (Lipinski definition) is 4. The normalized spacial score (nSPS) is 16.8. The predicted molar refractivity (Wildman–Crippen MR) is 118 cm³/mol. The summed E-state index contributed by atoms with van der Waals surface area (Å²) in [6, 6.07) is 11.6. The van der Waals surface area contributed by atoms with E-state index >= 15 is 0 Å². The molecule has 0 aliphatic carbocycles. The molecule has 3 heterocycles. The molecule has 160 valence electrons. The van der Waals surface area contributed by atoms with E-state index in [0.717, 1.165) is 29.7 Å². The third-order valence-corrected chi connectivity index (χ3v) is 6.52. The Hall–Kier alpha value is -3.28. The molecule has 1 saturated heterocycles.